The molecule has 0 aromatic heterocycles. The molecule has 0 aliphatic carbocycles. The van der Waals surface area contributed by atoms with Crippen LogP contribution >= 0.6 is 10.3 Å². The fourth-order valence-corrected chi connectivity index (χ4v) is 6.20. The predicted octanol–water partition coefficient (Wildman–Crippen LogP) is 4.23. The van der Waals surface area contributed by atoms with Gasteiger partial charge in [-0.15, -0.1) is 10.3 Å². The van der Waals surface area contributed by atoms with Crippen molar-refractivity contribution < 1.29 is 4.55 Å². The van der Waals surface area contributed by atoms with Crippen LogP contribution in [-0.4, -0.2) is 21.8 Å². The van der Waals surface area contributed by atoms with Crippen LogP contribution < -0.4 is 0 Å². The fraction of sp³-hybridized carbons (Fsp3) is 1.00. The lowest BCUT2D eigenvalue weighted by Crippen LogP contribution is -2.21. The van der Waals surface area contributed by atoms with Gasteiger partial charge < -0.3 is 4.55 Å². The summed E-state index contributed by atoms with van der Waals surface area (Å²) in [5.41, 5.74) is 0. The molecule has 0 fully saturated rings. The van der Waals surface area contributed by atoms with E-state index >= 15 is 0 Å². The van der Waals surface area contributed by atoms with Crippen LogP contribution in [0.2, 0.25) is 0 Å². The molecule has 1 nitrogen and oxygen atoms in total. The lowest BCUT2D eigenvalue weighted by atomic mass is 10.3. The Bertz CT molecular complexity index is 126. The van der Waals surface area contributed by atoms with Crippen LogP contribution in [0.3, 0.4) is 0 Å². The summed E-state index contributed by atoms with van der Waals surface area (Å²) in [4.78, 5) is 0. The summed E-state index contributed by atoms with van der Waals surface area (Å²) in [5.74, 6) is 4.91. The van der Waals surface area contributed by atoms with Crippen molar-refractivity contribution in [3.63, 3.8) is 0 Å². The van der Waals surface area contributed by atoms with Crippen molar-refractivity contribution in [1.82, 2.24) is 0 Å². The third-order valence-corrected chi connectivity index (χ3v) is 5.79. The van der Waals surface area contributed by atoms with Crippen LogP contribution in [0.15, 0.2) is 0 Å². The summed E-state index contributed by atoms with van der Waals surface area (Å²) >= 11 is 0. The lowest BCUT2D eigenvalue weighted by Gasteiger charge is -2.38. The topological polar surface area (TPSA) is 20.2 Å². The van der Waals surface area contributed by atoms with Crippen molar-refractivity contribution in [3.8, 4) is 0 Å². The summed E-state index contributed by atoms with van der Waals surface area (Å²) in [6.07, 6.45) is 0. The molecule has 0 aromatic rings. The number of hydrogen-bond acceptors (Lipinski definition) is 1. The Labute approximate surface area is 91.8 Å². The molecule has 14 heavy (non-hydrogen) atoms. The van der Waals surface area contributed by atoms with E-state index in [2.05, 4.69) is 41.5 Å². The minimum atomic E-state index is -1.34. The van der Waals surface area contributed by atoms with Crippen LogP contribution in [-0.2, 0) is 0 Å². The van der Waals surface area contributed by atoms with Crippen LogP contribution in [0, 0.1) is 17.8 Å². The van der Waals surface area contributed by atoms with Gasteiger partial charge in [0.05, 0.1) is 0 Å². The first-order chi connectivity index (χ1) is 6.25. The first-order valence-corrected chi connectivity index (χ1v) is 7.83. The monoisotopic (exact) mass is 220 g/mol. The van der Waals surface area contributed by atoms with E-state index in [1.807, 2.05) is 0 Å². The molecule has 0 amide bonds. The summed E-state index contributed by atoms with van der Waals surface area (Å²) in [6.45, 7) is 13.2. The molecule has 0 atom stereocenters. The van der Waals surface area contributed by atoms with E-state index < -0.39 is 10.3 Å². The van der Waals surface area contributed by atoms with E-state index in [9.17, 15) is 4.55 Å². The zero-order valence-corrected chi connectivity index (χ0v) is 11.5. The minimum Gasteiger partial charge on any atom is -0.351 e. The molecule has 0 aliphatic heterocycles. The van der Waals surface area contributed by atoms with Crippen molar-refractivity contribution in [1.29, 1.82) is 0 Å². The molecule has 0 spiro atoms. The molecular formula is C12H28OS. The Balaban J connectivity index is 4.32. The molecular weight excluding hydrogens is 192 g/mol. The van der Waals surface area contributed by atoms with E-state index in [1.54, 1.807) is 0 Å². The van der Waals surface area contributed by atoms with Gasteiger partial charge in [0.15, 0.2) is 0 Å². The molecule has 2 heteroatoms. The smallest absolute Gasteiger partial charge is 0.00109 e. The van der Waals surface area contributed by atoms with E-state index in [1.165, 1.54) is 0 Å². The maximum absolute atomic E-state index is 10.6. The van der Waals surface area contributed by atoms with Crippen molar-refractivity contribution in [2.75, 3.05) is 17.3 Å². The van der Waals surface area contributed by atoms with Gasteiger partial charge in [-0.1, -0.05) is 41.5 Å². The summed E-state index contributed by atoms with van der Waals surface area (Å²) in [5, 5.41) is 0. The second kappa shape index (κ2) is 6.02. The molecule has 1 N–H and O–H groups in total. The largest absolute Gasteiger partial charge is 0.351 e. The number of rotatable bonds is 6. The SMILES string of the molecule is CC(C)CS(O)(CC(C)C)CC(C)C. The Morgan fingerprint density at radius 3 is 1.07 bits per heavy atom. The maximum Gasteiger partial charge on any atom is 0.00109 e. The van der Waals surface area contributed by atoms with Crippen molar-refractivity contribution >= 4 is 10.3 Å². The molecule has 0 aliphatic rings. The molecule has 0 heterocycles. The first-order valence-electron chi connectivity index (χ1n) is 5.74. The summed E-state index contributed by atoms with van der Waals surface area (Å²) in [7, 11) is -1.34. The molecule has 0 saturated carbocycles. The van der Waals surface area contributed by atoms with Crippen molar-refractivity contribution in [3.05, 3.63) is 0 Å². The predicted molar refractivity (Wildman–Crippen MR) is 69.3 cm³/mol. The van der Waals surface area contributed by atoms with Gasteiger partial charge in [-0.2, -0.15) is 0 Å². The van der Waals surface area contributed by atoms with Crippen LogP contribution in [0.25, 0.3) is 0 Å². The summed E-state index contributed by atoms with van der Waals surface area (Å²) < 4.78 is 10.6. The van der Waals surface area contributed by atoms with Gasteiger partial charge in [0.25, 0.3) is 0 Å². The average molecular weight is 220 g/mol. The Morgan fingerprint density at radius 1 is 0.714 bits per heavy atom. The fourth-order valence-electron chi connectivity index (χ4n) is 2.07. The van der Waals surface area contributed by atoms with Gasteiger partial charge in [-0.05, 0) is 17.8 Å². The molecule has 88 valence electrons. The zero-order chi connectivity index (χ0) is 11.4. The van der Waals surface area contributed by atoms with Gasteiger partial charge >= 0.3 is 0 Å². The quantitative estimate of drug-likeness (QED) is 0.710. The summed E-state index contributed by atoms with van der Waals surface area (Å²) in [6, 6.07) is 0. The normalized spacial score (nSPS) is 14.4. The third kappa shape index (κ3) is 6.72. The molecule has 0 aromatic carbocycles. The van der Waals surface area contributed by atoms with E-state index in [-0.39, 0.29) is 0 Å². The van der Waals surface area contributed by atoms with Gasteiger partial charge in [0.1, 0.15) is 0 Å². The molecule has 0 rings (SSSR count). The van der Waals surface area contributed by atoms with E-state index in [0.29, 0.717) is 17.8 Å². The Kier molecular flexibility index (Phi) is 6.15. The van der Waals surface area contributed by atoms with Crippen molar-refractivity contribution in [2.24, 2.45) is 17.8 Å². The Morgan fingerprint density at radius 2 is 0.929 bits per heavy atom. The maximum atomic E-state index is 10.6. The molecule has 0 radical (unpaired) electrons. The minimum absolute atomic E-state index is 0.618. The molecule has 0 unspecified atom stereocenters. The van der Waals surface area contributed by atoms with Crippen LogP contribution in [0.1, 0.15) is 41.5 Å². The number of hydrogen-bond donors (Lipinski definition) is 1. The first kappa shape index (κ1) is 14.3. The lowest BCUT2D eigenvalue weighted by molar-refractivity contribution is 0.572. The van der Waals surface area contributed by atoms with Crippen molar-refractivity contribution in [2.45, 2.75) is 41.5 Å². The highest BCUT2D eigenvalue weighted by molar-refractivity contribution is 8.29. The van der Waals surface area contributed by atoms with Gasteiger partial charge in [-0.3, -0.25) is 0 Å². The second-order valence-corrected chi connectivity index (χ2v) is 8.68. The molecule has 0 bridgehead atoms. The second-order valence-electron chi connectivity index (χ2n) is 5.68. The van der Waals surface area contributed by atoms with E-state index in [4.69, 9.17) is 0 Å². The van der Waals surface area contributed by atoms with Gasteiger partial charge in [0, 0.05) is 17.3 Å². The van der Waals surface area contributed by atoms with E-state index in [0.717, 1.165) is 17.3 Å². The van der Waals surface area contributed by atoms with Crippen LogP contribution in [0.5, 0.6) is 0 Å². The average Bonchev–Trinajstić information content (AvgIpc) is 1.76. The zero-order valence-electron chi connectivity index (χ0n) is 10.7. The third-order valence-electron chi connectivity index (χ3n) is 1.93. The highest BCUT2D eigenvalue weighted by Crippen LogP contribution is 2.48. The Hall–Kier alpha value is 0.310. The molecule has 0 saturated heterocycles. The van der Waals surface area contributed by atoms with Gasteiger partial charge in [0.2, 0.25) is 0 Å². The standard InChI is InChI=1S/C12H28OS/c1-10(2)7-14(13,8-11(3)4)9-12(5)6/h10-13H,7-9H2,1-6H3. The highest BCUT2D eigenvalue weighted by Gasteiger charge is 2.24. The highest BCUT2D eigenvalue weighted by atomic mass is 32.3. The van der Waals surface area contributed by atoms with Gasteiger partial charge in [-0.25, -0.2) is 0 Å². The van der Waals surface area contributed by atoms with Crippen LogP contribution in [0.4, 0.5) is 0 Å².